The van der Waals surface area contributed by atoms with Gasteiger partial charge in [0, 0.05) is 17.8 Å². The number of esters is 2. The molecule has 0 aromatic rings. The molecular formula is C12H20N2O4. The topological polar surface area (TPSA) is 100 Å². The molecule has 0 fully saturated rings. The van der Waals surface area contributed by atoms with Crippen LogP contribution < -0.4 is 0 Å². The molecule has 0 aromatic heterocycles. The molecule has 1 unspecified atom stereocenters. The maximum atomic E-state index is 11.2. The summed E-state index contributed by atoms with van der Waals surface area (Å²) in [7, 11) is 0. The van der Waals surface area contributed by atoms with Gasteiger partial charge in [-0.3, -0.25) is 9.59 Å². The second-order valence-electron chi connectivity index (χ2n) is 4.22. The van der Waals surface area contributed by atoms with Crippen LogP contribution in [0.4, 0.5) is 0 Å². The third-order valence-corrected chi connectivity index (χ3v) is 1.94. The molecule has 0 amide bonds. The predicted molar refractivity (Wildman–Crippen MR) is 67.2 cm³/mol. The fraction of sp³-hybridized carbons (Fsp3) is 0.667. The Morgan fingerprint density at radius 3 is 2.06 bits per heavy atom. The largest absolute Gasteiger partial charge is 0.465 e. The van der Waals surface area contributed by atoms with Crippen molar-refractivity contribution in [1.29, 1.82) is 10.8 Å². The van der Waals surface area contributed by atoms with Gasteiger partial charge >= 0.3 is 11.9 Å². The molecule has 6 nitrogen and oxygen atoms in total. The predicted octanol–water partition coefficient (Wildman–Crippen LogP) is 1.71. The average Bonchev–Trinajstić information content (AvgIpc) is 2.13. The van der Waals surface area contributed by atoms with Crippen molar-refractivity contribution < 1.29 is 19.1 Å². The van der Waals surface area contributed by atoms with E-state index in [9.17, 15) is 9.59 Å². The molecule has 18 heavy (non-hydrogen) atoms. The van der Waals surface area contributed by atoms with Gasteiger partial charge in [0.15, 0.2) is 0 Å². The molecule has 0 heterocycles. The monoisotopic (exact) mass is 256 g/mol. The Bertz CT molecular complexity index is 339. The Hall–Kier alpha value is -1.72. The standard InChI is InChI=1S/C12H20N2O4/c1-8(13)6-11(15)17-5-4-10(3)18-12(16)7-9(2)14/h10,13-14H,4-7H2,1-3H3. The molecule has 0 rings (SSSR count). The zero-order chi connectivity index (χ0) is 14.1. The molecular weight excluding hydrogens is 236 g/mol. The molecule has 0 radical (unpaired) electrons. The van der Waals surface area contributed by atoms with Gasteiger partial charge in [-0.15, -0.1) is 0 Å². The van der Waals surface area contributed by atoms with Crippen molar-refractivity contribution in [2.24, 2.45) is 0 Å². The summed E-state index contributed by atoms with van der Waals surface area (Å²) in [5, 5.41) is 14.3. The molecule has 6 heteroatoms. The van der Waals surface area contributed by atoms with Gasteiger partial charge in [0.25, 0.3) is 0 Å². The van der Waals surface area contributed by atoms with E-state index in [4.69, 9.17) is 20.3 Å². The fourth-order valence-corrected chi connectivity index (χ4v) is 1.15. The van der Waals surface area contributed by atoms with Gasteiger partial charge in [-0.05, 0) is 20.8 Å². The smallest absolute Gasteiger partial charge is 0.311 e. The molecule has 0 spiro atoms. The second kappa shape index (κ2) is 8.38. The Labute approximate surface area is 107 Å². The molecule has 0 aromatic carbocycles. The number of nitrogens with one attached hydrogen (secondary N) is 2. The lowest BCUT2D eigenvalue weighted by Crippen LogP contribution is -2.19. The van der Waals surface area contributed by atoms with Crippen LogP contribution in [0.15, 0.2) is 0 Å². The normalized spacial score (nSPS) is 11.5. The summed E-state index contributed by atoms with van der Waals surface area (Å²) in [6.45, 7) is 4.93. The third kappa shape index (κ3) is 9.50. The van der Waals surface area contributed by atoms with Crippen molar-refractivity contribution in [1.82, 2.24) is 0 Å². The number of hydrogen-bond acceptors (Lipinski definition) is 6. The van der Waals surface area contributed by atoms with Crippen LogP contribution >= 0.6 is 0 Å². The molecule has 0 aliphatic rings. The first-order chi connectivity index (χ1) is 8.31. The van der Waals surface area contributed by atoms with E-state index in [0.29, 0.717) is 6.42 Å². The first-order valence-corrected chi connectivity index (χ1v) is 5.74. The van der Waals surface area contributed by atoms with E-state index in [1.807, 2.05) is 0 Å². The minimum atomic E-state index is -0.448. The maximum Gasteiger partial charge on any atom is 0.311 e. The Morgan fingerprint density at radius 2 is 1.56 bits per heavy atom. The van der Waals surface area contributed by atoms with Crippen LogP contribution in [0.2, 0.25) is 0 Å². The van der Waals surface area contributed by atoms with Crippen molar-refractivity contribution in [3.8, 4) is 0 Å². The first-order valence-electron chi connectivity index (χ1n) is 5.74. The summed E-state index contributed by atoms with van der Waals surface area (Å²) in [5.41, 5.74) is 0.501. The summed E-state index contributed by atoms with van der Waals surface area (Å²) in [6, 6.07) is 0. The fourth-order valence-electron chi connectivity index (χ4n) is 1.15. The van der Waals surface area contributed by atoms with Gasteiger partial charge in [0.05, 0.1) is 19.4 Å². The lowest BCUT2D eigenvalue weighted by atomic mass is 10.2. The summed E-state index contributed by atoms with van der Waals surface area (Å²) < 4.78 is 9.88. The highest BCUT2D eigenvalue weighted by Gasteiger charge is 2.11. The highest BCUT2D eigenvalue weighted by atomic mass is 16.6. The Morgan fingerprint density at radius 1 is 1.06 bits per heavy atom. The van der Waals surface area contributed by atoms with E-state index in [-0.39, 0.29) is 37.0 Å². The number of carbonyl (C=O) groups excluding carboxylic acids is 2. The number of ether oxygens (including phenoxy) is 2. The molecule has 0 bridgehead atoms. The molecule has 1 atom stereocenters. The first kappa shape index (κ1) is 16.3. The quantitative estimate of drug-likeness (QED) is 0.510. The average molecular weight is 256 g/mol. The second-order valence-corrected chi connectivity index (χ2v) is 4.22. The summed E-state index contributed by atoms with van der Waals surface area (Å²) in [6.07, 6.45) is 0.0230. The molecule has 0 saturated carbocycles. The van der Waals surface area contributed by atoms with Gasteiger partial charge < -0.3 is 20.3 Å². The van der Waals surface area contributed by atoms with E-state index in [2.05, 4.69) is 0 Å². The van der Waals surface area contributed by atoms with Crippen molar-refractivity contribution in [3.05, 3.63) is 0 Å². The number of rotatable bonds is 8. The molecule has 102 valence electrons. The van der Waals surface area contributed by atoms with Crippen LogP contribution in [0.1, 0.15) is 40.0 Å². The molecule has 0 aliphatic heterocycles. The van der Waals surface area contributed by atoms with Crippen molar-refractivity contribution in [3.63, 3.8) is 0 Å². The van der Waals surface area contributed by atoms with Crippen LogP contribution in [0, 0.1) is 10.8 Å². The number of carbonyl (C=O) groups is 2. The van der Waals surface area contributed by atoms with Gasteiger partial charge in [-0.2, -0.15) is 0 Å². The lowest BCUT2D eigenvalue weighted by molar-refractivity contribution is -0.148. The van der Waals surface area contributed by atoms with Gasteiger partial charge in [-0.1, -0.05) is 0 Å². The summed E-state index contributed by atoms with van der Waals surface area (Å²) in [4.78, 5) is 22.3. The van der Waals surface area contributed by atoms with E-state index in [1.165, 1.54) is 13.8 Å². The van der Waals surface area contributed by atoms with Crippen LogP contribution in [0.25, 0.3) is 0 Å². The zero-order valence-electron chi connectivity index (χ0n) is 11.0. The third-order valence-electron chi connectivity index (χ3n) is 1.94. The zero-order valence-corrected chi connectivity index (χ0v) is 11.0. The maximum absolute atomic E-state index is 11.2. The van der Waals surface area contributed by atoms with Gasteiger partial charge in [-0.25, -0.2) is 0 Å². The van der Waals surface area contributed by atoms with Crippen molar-refractivity contribution in [2.75, 3.05) is 6.61 Å². The highest BCUT2D eigenvalue weighted by molar-refractivity contribution is 5.96. The molecule has 0 aliphatic carbocycles. The Kier molecular flexibility index (Phi) is 7.58. The van der Waals surface area contributed by atoms with Crippen molar-refractivity contribution in [2.45, 2.75) is 46.1 Å². The molecule has 0 saturated heterocycles. The van der Waals surface area contributed by atoms with Gasteiger partial charge in [0.2, 0.25) is 0 Å². The highest BCUT2D eigenvalue weighted by Crippen LogP contribution is 2.01. The minimum absolute atomic E-state index is 0.0127. The van der Waals surface area contributed by atoms with E-state index in [0.717, 1.165) is 0 Å². The minimum Gasteiger partial charge on any atom is -0.465 e. The number of hydrogen-bond donors (Lipinski definition) is 2. The summed E-state index contributed by atoms with van der Waals surface area (Å²) >= 11 is 0. The van der Waals surface area contributed by atoms with Gasteiger partial charge in [0.1, 0.15) is 6.10 Å². The van der Waals surface area contributed by atoms with Crippen LogP contribution in [-0.4, -0.2) is 36.1 Å². The lowest BCUT2D eigenvalue weighted by Gasteiger charge is -2.13. The SMILES string of the molecule is CC(=N)CC(=O)OCCC(C)OC(=O)CC(C)=N. The van der Waals surface area contributed by atoms with E-state index in [1.54, 1.807) is 6.92 Å². The molecule has 2 N–H and O–H groups in total. The van der Waals surface area contributed by atoms with Crippen LogP contribution in [-0.2, 0) is 19.1 Å². The van der Waals surface area contributed by atoms with Crippen molar-refractivity contribution >= 4 is 23.4 Å². The van der Waals surface area contributed by atoms with Crippen LogP contribution in [0.3, 0.4) is 0 Å². The summed E-state index contributed by atoms with van der Waals surface area (Å²) in [5.74, 6) is -0.895. The Balaban J connectivity index is 3.74. The van der Waals surface area contributed by atoms with E-state index >= 15 is 0 Å². The van der Waals surface area contributed by atoms with Crippen LogP contribution in [0.5, 0.6) is 0 Å². The van der Waals surface area contributed by atoms with E-state index < -0.39 is 11.9 Å².